The molecule has 0 bridgehead atoms. The molecule has 1 rings (SSSR count). The van der Waals surface area contributed by atoms with Gasteiger partial charge in [0.1, 0.15) is 6.04 Å². The Morgan fingerprint density at radius 2 is 1.60 bits per heavy atom. The molecule has 0 saturated heterocycles. The first-order chi connectivity index (χ1) is 11.5. The number of sulfonamides is 1. The highest BCUT2D eigenvalue weighted by Gasteiger charge is 2.22. The van der Waals surface area contributed by atoms with Crippen molar-refractivity contribution in [1.29, 1.82) is 0 Å². The summed E-state index contributed by atoms with van der Waals surface area (Å²) in [5.41, 5.74) is 0.206. The monoisotopic (exact) mass is 370 g/mol. The second-order valence-corrected chi connectivity index (χ2v) is 8.53. The zero-order valence-corrected chi connectivity index (χ0v) is 15.8. The van der Waals surface area contributed by atoms with Crippen LogP contribution in [-0.4, -0.2) is 38.0 Å². The maximum atomic E-state index is 12.2. The highest BCUT2D eigenvalue weighted by molar-refractivity contribution is 7.89. The summed E-state index contributed by atoms with van der Waals surface area (Å²) in [6.45, 7) is 7.84. The van der Waals surface area contributed by atoms with Gasteiger partial charge in [0.25, 0.3) is 5.91 Å². The van der Waals surface area contributed by atoms with Crippen molar-refractivity contribution in [3.8, 4) is 0 Å². The van der Waals surface area contributed by atoms with E-state index in [1.54, 1.807) is 0 Å². The van der Waals surface area contributed by atoms with Crippen molar-refractivity contribution in [2.24, 2.45) is 11.8 Å². The Morgan fingerprint density at radius 1 is 1.04 bits per heavy atom. The van der Waals surface area contributed by atoms with E-state index in [2.05, 4.69) is 10.0 Å². The van der Waals surface area contributed by atoms with E-state index < -0.39 is 27.9 Å². The number of amides is 1. The molecule has 1 aromatic carbocycles. The predicted octanol–water partition coefficient (Wildman–Crippen LogP) is 1.85. The first-order valence-electron chi connectivity index (χ1n) is 8.16. The molecule has 1 aromatic rings. The minimum Gasteiger partial charge on any atom is -0.480 e. The molecular weight excluding hydrogens is 344 g/mol. The van der Waals surface area contributed by atoms with Crippen LogP contribution in [0.2, 0.25) is 0 Å². The fourth-order valence-corrected chi connectivity index (χ4v) is 3.29. The van der Waals surface area contributed by atoms with E-state index in [1.165, 1.54) is 24.3 Å². The Labute approximate surface area is 148 Å². The molecule has 1 atom stereocenters. The van der Waals surface area contributed by atoms with Crippen LogP contribution in [0.1, 0.15) is 44.5 Å². The van der Waals surface area contributed by atoms with Crippen LogP contribution in [-0.2, 0) is 14.8 Å². The summed E-state index contributed by atoms with van der Waals surface area (Å²) in [4.78, 5) is 23.4. The quantitative estimate of drug-likeness (QED) is 0.614. The molecule has 0 fully saturated rings. The third-order valence-electron chi connectivity index (χ3n) is 3.42. The van der Waals surface area contributed by atoms with Gasteiger partial charge in [0.05, 0.1) is 4.90 Å². The van der Waals surface area contributed by atoms with Crippen LogP contribution >= 0.6 is 0 Å². The van der Waals surface area contributed by atoms with E-state index in [-0.39, 0.29) is 22.3 Å². The van der Waals surface area contributed by atoms with Gasteiger partial charge in [0.2, 0.25) is 10.0 Å². The van der Waals surface area contributed by atoms with Gasteiger partial charge >= 0.3 is 5.97 Å². The fraction of sp³-hybridized carbons (Fsp3) is 0.529. The summed E-state index contributed by atoms with van der Waals surface area (Å²) in [5.74, 6) is -1.36. The standard InChI is InChI=1S/C17H26N2O5S/c1-11(2)9-15(17(21)22)19-16(20)13-5-7-14(8-6-13)25(23,24)18-10-12(3)4/h5-8,11-12,15,18H,9-10H2,1-4H3,(H,19,20)(H,21,22)/t15-/m1/s1. The summed E-state index contributed by atoms with van der Waals surface area (Å²) in [6, 6.07) is 4.41. The topological polar surface area (TPSA) is 113 Å². The van der Waals surface area contributed by atoms with Gasteiger partial charge in [-0.15, -0.1) is 0 Å². The minimum absolute atomic E-state index is 0.0571. The number of hydrogen-bond acceptors (Lipinski definition) is 4. The van der Waals surface area contributed by atoms with Crippen LogP contribution in [0.25, 0.3) is 0 Å². The highest BCUT2D eigenvalue weighted by atomic mass is 32.2. The molecule has 0 spiro atoms. The van der Waals surface area contributed by atoms with Gasteiger partial charge in [-0.3, -0.25) is 4.79 Å². The summed E-state index contributed by atoms with van der Waals surface area (Å²) < 4.78 is 26.7. The molecule has 0 saturated carbocycles. The third-order valence-corrected chi connectivity index (χ3v) is 4.86. The predicted molar refractivity (Wildman–Crippen MR) is 94.8 cm³/mol. The van der Waals surface area contributed by atoms with E-state index in [4.69, 9.17) is 0 Å². The van der Waals surface area contributed by atoms with Crippen molar-refractivity contribution < 1.29 is 23.1 Å². The lowest BCUT2D eigenvalue weighted by Crippen LogP contribution is -2.41. The molecule has 0 aliphatic rings. The van der Waals surface area contributed by atoms with Crippen molar-refractivity contribution in [1.82, 2.24) is 10.0 Å². The van der Waals surface area contributed by atoms with Gasteiger partial charge in [-0.2, -0.15) is 0 Å². The zero-order valence-electron chi connectivity index (χ0n) is 14.9. The number of carboxylic acid groups (broad SMARTS) is 1. The van der Waals surface area contributed by atoms with Crippen molar-refractivity contribution >= 4 is 21.9 Å². The van der Waals surface area contributed by atoms with Crippen LogP contribution in [0, 0.1) is 11.8 Å². The number of aliphatic carboxylic acids is 1. The molecule has 0 radical (unpaired) electrons. The Hall–Kier alpha value is -1.93. The Balaban J connectivity index is 2.84. The molecular formula is C17H26N2O5S. The van der Waals surface area contributed by atoms with Crippen molar-refractivity contribution in [3.63, 3.8) is 0 Å². The van der Waals surface area contributed by atoms with Gasteiger partial charge in [0.15, 0.2) is 0 Å². The number of rotatable bonds is 9. The van der Waals surface area contributed by atoms with E-state index >= 15 is 0 Å². The van der Waals surface area contributed by atoms with E-state index in [9.17, 15) is 23.1 Å². The lowest BCUT2D eigenvalue weighted by Gasteiger charge is -2.16. The van der Waals surface area contributed by atoms with E-state index in [0.29, 0.717) is 13.0 Å². The second-order valence-electron chi connectivity index (χ2n) is 6.76. The summed E-state index contributed by atoms with van der Waals surface area (Å²) in [6.07, 6.45) is 0.312. The molecule has 140 valence electrons. The number of benzene rings is 1. The maximum Gasteiger partial charge on any atom is 0.326 e. The molecule has 0 unspecified atom stereocenters. The molecule has 8 heteroatoms. The molecule has 0 aliphatic carbocycles. The molecule has 3 N–H and O–H groups in total. The lowest BCUT2D eigenvalue weighted by atomic mass is 10.0. The lowest BCUT2D eigenvalue weighted by molar-refractivity contribution is -0.139. The van der Waals surface area contributed by atoms with Crippen molar-refractivity contribution in [2.75, 3.05) is 6.54 Å². The van der Waals surface area contributed by atoms with Crippen LogP contribution in [0.5, 0.6) is 0 Å². The number of nitrogens with one attached hydrogen (secondary N) is 2. The van der Waals surface area contributed by atoms with Crippen LogP contribution < -0.4 is 10.0 Å². The van der Waals surface area contributed by atoms with Crippen molar-refractivity contribution in [2.45, 2.75) is 45.1 Å². The second kappa shape index (κ2) is 8.96. The Kier molecular flexibility index (Phi) is 7.57. The SMILES string of the molecule is CC(C)CNS(=O)(=O)c1ccc(C(=O)N[C@H](CC(C)C)C(=O)O)cc1. The highest BCUT2D eigenvalue weighted by Crippen LogP contribution is 2.12. The summed E-state index contributed by atoms with van der Waals surface area (Å²) in [7, 11) is -3.63. The molecule has 0 aromatic heterocycles. The van der Waals surface area contributed by atoms with Gasteiger partial charge in [-0.1, -0.05) is 27.7 Å². The van der Waals surface area contributed by atoms with Crippen molar-refractivity contribution in [3.05, 3.63) is 29.8 Å². The largest absolute Gasteiger partial charge is 0.480 e. The van der Waals surface area contributed by atoms with E-state index in [1.807, 2.05) is 27.7 Å². The normalized spacial score (nSPS) is 13.0. The van der Waals surface area contributed by atoms with Gasteiger partial charge in [0, 0.05) is 12.1 Å². The first kappa shape index (κ1) is 21.1. The Bertz CT molecular complexity index is 696. The zero-order chi connectivity index (χ0) is 19.2. The summed E-state index contributed by atoms with van der Waals surface area (Å²) >= 11 is 0. The van der Waals surface area contributed by atoms with Crippen LogP contribution in [0.15, 0.2) is 29.2 Å². The maximum absolute atomic E-state index is 12.2. The number of carbonyl (C=O) groups excluding carboxylic acids is 1. The van der Waals surface area contributed by atoms with Crippen LogP contribution in [0.3, 0.4) is 0 Å². The third kappa shape index (κ3) is 6.83. The molecule has 25 heavy (non-hydrogen) atoms. The average molecular weight is 370 g/mol. The minimum atomic E-state index is -3.63. The first-order valence-corrected chi connectivity index (χ1v) is 9.64. The van der Waals surface area contributed by atoms with Crippen LogP contribution in [0.4, 0.5) is 0 Å². The van der Waals surface area contributed by atoms with E-state index in [0.717, 1.165) is 0 Å². The Morgan fingerprint density at radius 3 is 2.04 bits per heavy atom. The average Bonchev–Trinajstić information content (AvgIpc) is 2.52. The molecule has 0 heterocycles. The number of carbonyl (C=O) groups is 2. The van der Waals surface area contributed by atoms with Gasteiger partial charge < -0.3 is 10.4 Å². The molecule has 1 amide bonds. The smallest absolute Gasteiger partial charge is 0.326 e. The van der Waals surface area contributed by atoms with Gasteiger partial charge in [-0.25, -0.2) is 17.9 Å². The number of carboxylic acids is 1. The fourth-order valence-electron chi connectivity index (χ4n) is 2.08. The number of hydrogen-bond donors (Lipinski definition) is 3. The molecule has 0 aliphatic heterocycles. The van der Waals surface area contributed by atoms with Gasteiger partial charge in [-0.05, 0) is 42.5 Å². The molecule has 7 nitrogen and oxygen atoms in total. The summed E-state index contributed by atoms with van der Waals surface area (Å²) in [5, 5.41) is 11.6.